The second-order valence-electron chi connectivity index (χ2n) is 4.08. The molecular weight excluding hydrogens is 277 g/mol. The van der Waals surface area contributed by atoms with Crippen molar-refractivity contribution in [2.45, 2.75) is 20.8 Å². The van der Waals surface area contributed by atoms with Crippen LogP contribution >= 0.6 is 7.60 Å². The third kappa shape index (κ3) is 4.75. The number of hydrogen-bond donors (Lipinski definition) is 0. The minimum atomic E-state index is -3.35. The fourth-order valence-corrected chi connectivity index (χ4v) is 3.43. The van der Waals surface area contributed by atoms with Gasteiger partial charge in [-0.3, -0.25) is 9.36 Å². The Morgan fingerprint density at radius 1 is 1.10 bits per heavy atom. The molecule has 0 unspecified atom stereocenters. The van der Waals surface area contributed by atoms with Gasteiger partial charge in [0.1, 0.15) is 6.16 Å². The topological polar surface area (TPSA) is 55.8 Å². The molecule has 1 rings (SSSR count). The molecule has 0 saturated carbocycles. The normalized spacial score (nSPS) is 11.3. The van der Waals surface area contributed by atoms with E-state index in [1.54, 1.807) is 18.7 Å². The molecule has 0 fully saturated rings. The molecule has 1 amide bonds. The Morgan fingerprint density at radius 2 is 1.65 bits per heavy atom. The summed E-state index contributed by atoms with van der Waals surface area (Å²) >= 11 is 0. The lowest BCUT2D eigenvalue weighted by atomic mass is 10.3. The number of carbonyl (C=O) groups is 1. The van der Waals surface area contributed by atoms with Crippen LogP contribution in [0.3, 0.4) is 0 Å². The number of anilines is 1. The monoisotopic (exact) mass is 299 g/mol. The zero-order valence-corrected chi connectivity index (χ0v) is 13.1. The molecule has 0 bridgehead atoms. The van der Waals surface area contributed by atoms with Crippen LogP contribution in [0.2, 0.25) is 0 Å². The Balaban J connectivity index is 2.84. The average Bonchev–Trinajstić information content (AvgIpc) is 2.41. The Bertz CT molecular complexity index is 454. The first kappa shape index (κ1) is 16.9. The minimum Gasteiger partial charge on any atom is -0.312 e. The zero-order chi connectivity index (χ0) is 15.0. The highest BCUT2D eigenvalue weighted by atomic mass is 31.2. The van der Waals surface area contributed by atoms with Crippen molar-refractivity contribution < 1.29 is 18.4 Å². The van der Waals surface area contributed by atoms with Crippen LogP contribution in [0.15, 0.2) is 30.3 Å². The molecular formula is C14H22NO4P. The van der Waals surface area contributed by atoms with Gasteiger partial charge in [-0.2, -0.15) is 0 Å². The standard InChI is InChI=1S/C14H22NO4P/c1-4-15(13-10-8-7-9-11-13)14(16)12-20(17,18-5-2)19-6-3/h7-11H,4-6,12H2,1-3H3. The van der Waals surface area contributed by atoms with Gasteiger partial charge in [-0.25, -0.2) is 0 Å². The highest BCUT2D eigenvalue weighted by molar-refractivity contribution is 7.54. The number of rotatable bonds is 8. The number of nitrogens with zero attached hydrogens (tertiary/aromatic N) is 1. The van der Waals surface area contributed by atoms with E-state index in [4.69, 9.17) is 9.05 Å². The van der Waals surface area contributed by atoms with Crippen LogP contribution in [0.1, 0.15) is 20.8 Å². The number of carbonyl (C=O) groups excluding carboxylic acids is 1. The highest BCUT2D eigenvalue weighted by Gasteiger charge is 2.30. The van der Waals surface area contributed by atoms with Crippen LogP contribution in [0.5, 0.6) is 0 Å². The van der Waals surface area contributed by atoms with Crippen molar-refractivity contribution in [1.29, 1.82) is 0 Å². The fraction of sp³-hybridized carbons (Fsp3) is 0.500. The molecule has 0 radical (unpaired) electrons. The molecule has 0 heterocycles. The van der Waals surface area contributed by atoms with E-state index in [0.717, 1.165) is 5.69 Å². The van der Waals surface area contributed by atoms with Crippen molar-refractivity contribution >= 4 is 19.2 Å². The predicted octanol–water partition coefficient (Wildman–Crippen LogP) is 3.31. The lowest BCUT2D eigenvalue weighted by Gasteiger charge is -2.23. The Hall–Kier alpha value is -1.16. The predicted molar refractivity (Wildman–Crippen MR) is 80.2 cm³/mol. The largest absolute Gasteiger partial charge is 0.340 e. The van der Waals surface area contributed by atoms with Crippen LogP contribution in [0, 0.1) is 0 Å². The number of para-hydroxylation sites is 1. The molecule has 20 heavy (non-hydrogen) atoms. The van der Waals surface area contributed by atoms with Gasteiger partial charge in [0.25, 0.3) is 0 Å². The lowest BCUT2D eigenvalue weighted by molar-refractivity contribution is -0.116. The quantitative estimate of drug-likeness (QED) is 0.691. The zero-order valence-electron chi connectivity index (χ0n) is 12.2. The summed E-state index contributed by atoms with van der Waals surface area (Å²) in [6, 6.07) is 9.28. The van der Waals surface area contributed by atoms with Crippen LogP contribution in [-0.4, -0.2) is 31.8 Å². The second kappa shape index (κ2) is 8.20. The molecule has 6 heteroatoms. The van der Waals surface area contributed by atoms with E-state index in [9.17, 15) is 9.36 Å². The van der Waals surface area contributed by atoms with E-state index in [1.165, 1.54) is 0 Å². The summed E-state index contributed by atoms with van der Waals surface area (Å²) in [7, 11) is -3.35. The van der Waals surface area contributed by atoms with Crippen LogP contribution in [0.25, 0.3) is 0 Å². The van der Waals surface area contributed by atoms with E-state index >= 15 is 0 Å². The molecule has 0 N–H and O–H groups in total. The van der Waals surface area contributed by atoms with E-state index in [2.05, 4.69) is 0 Å². The van der Waals surface area contributed by atoms with Gasteiger partial charge in [0.05, 0.1) is 13.2 Å². The van der Waals surface area contributed by atoms with Crippen molar-refractivity contribution in [2.24, 2.45) is 0 Å². The molecule has 0 spiro atoms. The van der Waals surface area contributed by atoms with Crippen molar-refractivity contribution in [2.75, 3.05) is 30.8 Å². The Morgan fingerprint density at radius 3 is 2.10 bits per heavy atom. The van der Waals surface area contributed by atoms with Gasteiger partial charge in [0.15, 0.2) is 0 Å². The highest BCUT2D eigenvalue weighted by Crippen LogP contribution is 2.48. The summed E-state index contributed by atoms with van der Waals surface area (Å²) in [5.74, 6) is -0.260. The van der Waals surface area contributed by atoms with Crippen LogP contribution in [-0.2, 0) is 18.4 Å². The van der Waals surface area contributed by atoms with E-state index in [1.807, 2.05) is 37.3 Å². The molecule has 112 valence electrons. The average molecular weight is 299 g/mol. The number of benzene rings is 1. The second-order valence-corrected chi connectivity index (χ2v) is 6.13. The molecule has 0 aliphatic rings. The maximum absolute atomic E-state index is 12.4. The summed E-state index contributed by atoms with van der Waals surface area (Å²) in [6.45, 7) is 6.33. The molecule has 0 atom stereocenters. The number of hydrogen-bond acceptors (Lipinski definition) is 4. The van der Waals surface area contributed by atoms with Crippen LogP contribution < -0.4 is 4.90 Å². The summed E-state index contributed by atoms with van der Waals surface area (Å²) in [5.41, 5.74) is 0.777. The molecule has 5 nitrogen and oxygen atoms in total. The van der Waals surface area contributed by atoms with Gasteiger partial charge < -0.3 is 13.9 Å². The van der Waals surface area contributed by atoms with E-state index < -0.39 is 7.60 Å². The fourth-order valence-electron chi connectivity index (χ4n) is 1.88. The Labute approximate surface area is 120 Å². The first-order chi connectivity index (χ1) is 9.56. The van der Waals surface area contributed by atoms with Crippen molar-refractivity contribution in [3.05, 3.63) is 30.3 Å². The van der Waals surface area contributed by atoms with E-state index in [0.29, 0.717) is 6.54 Å². The Kier molecular flexibility index (Phi) is 6.93. The van der Waals surface area contributed by atoms with Gasteiger partial charge in [0, 0.05) is 12.2 Å². The molecule has 0 aliphatic heterocycles. The smallest absolute Gasteiger partial charge is 0.312 e. The summed E-state index contributed by atoms with van der Waals surface area (Å²) in [6.07, 6.45) is -0.239. The van der Waals surface area contributed by atoms with Gasteiger partial charge >= 0.3 is 7.60 Å². The molecule has 0 aromatic heterocycles. The summed E-state index contributed by atoms with van der Waals surface area (Å²) in [4.78, 5) is 13.9. The molecule has 1 aromatic carbocycles. The minimum absolute atomic E-state index is 0.239. The number of amides is 1. The summed E-state index contributed by atoms with van der Waals surface area (Å²) < 4.78 is 22.7. The van der Waals surface area contributed by atoms with Crippen molar-refractivity contribution in [1.82, 2.24) is 0 Å². The van der Waals surface area contributed by atoms with Crippen molar-refractivity contribution in [3.8, 4) is 0 Å². The van der Waals surface area contributed by atoms with Crippen LogP contribution in [0.4, 0.5) is 5.69 Å². The molecule has 0 aliphatic carbocycles. The van der Waals surface area contributed by atoms with Crippen molar-refractivity contribution in [3.63, 3.8) is 0 Å². The van der Waals surface area contributed by atoms with Gasteiger partial charge in [-0.1, -0.05) is 18.2 Å². The molecule has 1 aromatic rings. The summed E-state index contributed by atoms with van der Waals surface area (Å²) in [5, 5.41) is 0. The third-order valence-corrected chi connectivity index (χ3v) is 4.63. The first-order valence-electron chi connectivity index (χ1n) is 6.79. The lowest BCUT2D eigenvalue weighted by Crippen LogP contribution is -2.33. The van der Waals surface area contributed by atoms with Gasteiger partial charge in [-0.05, 0) is 32.9 Å². The third-order valence-electron chi connectivity index (χ3n) is 2.67. The maximum Gasteiger partial charge on any atom is 0.340 e. The SMILES string of the molecule is CCOP(=O)(CC(=O)N(CC)c1ccccc1)OCC. The first-order valence-corrected chi connectivity index (χ1v) is 8.52. The van der Waals surface area contributed by atoms with Gasteiger partial charge in [0.2, 0.25) is 5.91 Å². The van der Waals surface area contributed by atoms with Gasteiger partial charge in [-0.15, -0.1) is 0 Å². The molecule has 0 saturated heterocycles. The maximum atomic E-state index is 12.4. The van der Waals surface area contributed by atoms with E-state index in [-0.39, 0.29) is 25.3 Å².